The Morgan fingerprint density at radius 3 is 2.05 bits per heavy atom. The SMILES string of the molecule is COc1ccc(C(C)(N)c2ccc(OC)c(F)c2)cc1. The Balaban J connectivity index is 2.39. The number of ether oxygens (including phenoxy) is 2. The summed E-state index contributed by atoms with van der Waals surface area (Å²) in [6, 6.07) is 12.2. The van der Waals surface area contributed by atoms with Crippen LogP contribution in [-0.4, -0.2) is 14.2 Å². The van der Waals surface area contributed by atoms with E-state index in [4.69, 9.17) is 15.2 Å². The average molecular weight is 275 g/mol. The highest BCUT2D eigenvalue weighted by Gasteiger charge is 2.25. The molecule has 0 radical (unpaired) electrons. The fourth-order valence-electron chi connectivity index (χ4n) is 2.09. The number of nitrogens with two attached hydrogens (primary N) is 1. The van der Waals surface area contributed by atoms with Crippen LogP contribution in [0.1, 0.15) is 18.1 Å². The lowest BCUT2D eigenvalue weighted by atomic mass is 9.85. The summed E-state index contributed by atoms with van der Waals surface area (Å²) in [5, 5.41) is 0. The van der Waals surface area contributed by atoms with Crippen LogP contribution in [-0.2, 0) is 5.54 Å². The van der Waals surface area contributed by atoms with Crippen LogP contribution in [0.5, 0.6) is 11.5 Å². The molecule has 0 heterocycles. The lowest BCUT2D eigenvalue weighted by Gasteiger charge is -2.26. The minimum Gasteiger partial charge on any atom is -0.497 e. The van der Waals surface area contributed by atoms with Crippen molar-refractivity contribution < 1.29 is 13.9 Å². The minimum atomic E-state index is -0.792. The Bertz CT molecular complexity index is 594. The zero-order valence-electron chi connectivity index (χ0n) is 11.8. The van der Waals surface area contributed by atoms with E-state index in [0.717, 1.165) is 11.3 Å². The number of halogens is 1. The molecule has 0 aromatic heterocycles. The first-order valence-electron chi connectivity index (χ1n) is 6.26. The highest BCUT2D eigenvalue weighted by Crippen LogP contribution is 2.30. The monoisotopic (exact) mass is 275 g/mol. The summed E-state index contributed by atoms with van der Waals surface area (Å²) in [5.74, 6) is 0.542. The minimum absolute atomic E-state index is 0.208. The normalized spacial score (nSPS) is 13.7. The van der Waals surface area contributed by atoms with Crippen LogP contribution in [0.2, 0.25) is 0 Å². The van der Waals surface area contributed by atoms with E-state index >= 15 is 0 Å². The molecule has 2 N–H and O–H groups in total. The van der Waals surface area contributed by atoms with Gasteiger partial charge in [-0.1, -0.05) is 18.2 Å². The maximum absolute atomic E-state index is 13.8. The first-order chi connectivity index (χ1) is 9.48. The number of hydrogen-bond donors (Lipinski definition) is 1. The molecule has 20 heavy (non-hydrogen) atoms. The number of benzene rings is 2. The molecule has 0 amide bonds. The fraction of sp³-hybridized carbons (Fsp3) is 0.250. The van der Waals surface area contributed by atoms with E-state index in [1.807, 2.05) is 31.2 Å². The van der Waals surface area contributed by atoms with Crippen LogP contribution in [0.25, 0.3) is 0 Å². The van der Waals surface area contributed by atoms with E-state index in [1.165, 1.54) is 13.2 Å². The van der Waals surface area contributed by atoms with Gasteiger partial charge >= 0.3 is 0 Å². The second kappa shape index (κ2) is 5.51. The van der Waals surface area contributed by atoms with Crippen molar-refractivity contribution in [1.82, 2.24) is 0 Å². The largest absolute Gasteiger partial charge is 0.497 e. The molecule has 0 aliphatic rings. The van der Waals surface area contributed by atoms with Crippen LogP contribution in [0, 0.1) is 5.82 Å². The molecule has 0 saturated heterocycles. The lowest BCUT2D eigenvalue weighted by Crippen LogP contribution is -2.34. The molecule has 0 spiro atoms. The molecule has 1 atom stereocenters. The summed E-state index contributed by atoms with van der Waals surface area (Å²) in [4.78, 5) is 0. The number of methoxy groups -OCH3 is 2. The second-order valence-corrected chi connectivity index (χ2v) is 4.78. The first-order valence-corrected chi connectivity index (χ1v) is 6.26. The van der Waals surface area contributed by atoms with Crippen molar-refractivity contribution >= 4 is 0 Å². The molecular formula is C16H18FNO2. The van der Waals surface area contributed by atoms with Gasteiger partial charge in [-0.05, 0) is 42.3 Å². The summed E-state index contributed by atoms with van der Waals surface area (Å²) in [6.07, 6.45) is 0. The Morgan fingerprint density at radius 1 is 0.950 bits per heavy atom. The van der Waals surface area contributed by atoms with E-state index in [-0.39, 0.29) is 5.75 Å². The van der Waals surface area contributed by atoms with Crippen LogP contribution >= 0.6 is 0 Å². The molecule has 0 fully saturated rings. The topological polar surface area (TPSA) is 44.5 Å². The number of hydrogen-bond acceptors (Lipinski definition) is 3. The molecule has 0 saturated carbocycles. The molecule has 0 aliphatic heterocycles. The van der Waals surface area contributed by atoms with Crippen molar-refractivity contribution in [3.8, 4) is 11.5 Å². The molecule has 106 valence electrons. The molecule has 2 rings (SSSR count). The molecule has 0 bridgehead atoms. The Kier molecular flexibility index (Phi) is 3.95. The highest BCUT2D eigenvalue weighted by atomic mass is 19.1. The van der Waals surface area contributed by atoms with Gasteiger partial charge in [0.1, 0.15) is 5.75 Å². The van der Waals surface area contributed by atoms with Crippen LogP contribution < -0.4 is 15.2 Å². The van der Waals surface area contributed by atoms with Crippen molar-refractivity contribution in [2.45, 2.75) is 12.5 Å². The van der Waals surface area contributed by atoms with Crippen molar-refractivity contribution in [3.05, 3.63) is 59.4 Å². The van der Waals surface area contributed by atoms with Crippen LogP contribution in [0.3, 0.4) is 0 Å². The smallest absolute Gasteiger partial charge is 0.165 e. The van der Waals surface area contributed by atoms with Gasteiger partial charge in [0.15, 0.2) is 11.6 Å². The molecule has 0 aliphatic carbocycles. The first kappa shape index (κ1) is 14.3. The highest BCUT2D eigenvalue weighted by molar-refractivity contribution is 5.42. The Hall–Kier alpha value is -2.07. The van der Waals surface area contributed by atoms with Gasteiger partial charge in [0.2, 0.25) is 0 Å². The average Bonchev–Trinajstić information content (AvgIpc) is 2.47. The molecule has 3 nitrogen and oxygen atoms in total. The van der Waals surface area contributed by atoms with Crippen molar-refractivity contribution in [3.63, 3.8) is 0 Å². The summed E-state index contributed by atoms with van der Waals surface area (Å²) in [7, 11) is 3.04. The summed E-state index contributed by atoms with van der Waals surface area (Å²) in [6.45, 7) is 1.84. The lowest BCUT2D eigenvalue weighted by molar-refractivity contribution is 0.385. The van der Waals surface area contributed by atoms with Crippen LogP contribution in [0.4, 0.5) is 4.39 Å². The summed E-state index contributed by atoms with van der Waals surface area (Å²) < 4.78 is 23.9. The third kappa shape index (κ3) is 2.60. The van der Waals surface area contributed by atoms with Gasteiger partial charge in [-0.3, -0.25) is 0 Å². The van der Waals surface area contributed by atoms with Crippen molar-refractivity contribution in [2.24, 2.45) is 5.73 Å². The van der Waals surface area contributed by atoms with Crippen LogP contribution in [0.15, 0.2) is 42.5 Å². The molecule has 2 aromatic rings. The maximum atomic E-state index is 13.8. The quantitative estimate of drug-likeness (QED) is 0.932. The van der Waals surface area contributed by atoms with E-state index in [9.17, 15) is 4.39 Å². The summed E-state index contributed by atoms with van der Waals surface area (Å²) in [5.41, 5.74) is 7.13. The number of rotatable bonds is 4. The van der Waals surface area contributed by atoms with E-state index in [2.05, 4.69) is 0 Å². The standard InChI is InChI=1S/C16H18FNO2/c1-16(18,11-4-7-13(19-2)8-5-11)12-6-9-15(20-3)14(17)10-12/h4-10H,18H2,1-3H3. The van der Waals surface area contributed by atoms with E-state index < -0.39 is 11.4 Å². The maximum Gasteiger partial charge on any atom is 0.165 e. The zero-order valence-corrected chi connectivity index (χ0v) is 11.8. The third-order valence-electron chi connectivity index (χ3n) is 3.44. The zero-order chi connectivity index (χ0) is 14.8. The van der Waals surface area contributed by atoms with Gasteiger partial charge in [-0.2, -0.15) is 0 Å². The van der Waals surface area contributed by atoms with Crippen molar-refractivity contribution in [2.75, 3.05) is 14.2 Å². The van der Waals surface area contributed by atoms with Gasteiger partial charge in [0, 0.05) is 0 Å². The molecule has 4 heteroatoms. The third-order valence-corrected chi connectivity index (χ3v) is 3.44. The predicted molar refractivity (Wildman–Crippen MR) is 76.6 cm³/mol. The second-order valence-electron chi connectivity index (χ2n) is 4.78. The van der Waals surface area contributed by atoms with E-state index in [1.54, 1.807) is 19.2 Å². The fourth-order valence-corrected chi connectivity index (χ4v) is 2.09. The van der Waals surface area contributed by atoms with Gasteiger partial charge in [-0.25, -0.2) is 4.39 Å². The summed E-state index contributed by atoms with van der Waals surface area (Å²) >= 11 is 0. The van der Waals surface area contributed by atoms with Gasteiger partial charge in [0.25, 0.3) is 0 Å². The van der Waals surface area contributed by atoms with Gasteiger partial charge < -0.3 is 15.2 Å². The molecular weight excluding hydrogens is 257 g/mol. The Labute approximate surface area is 118 Å². The molecule has 2 aromatic carbocycles. The van der Waals surface area contributed by atoms with Crippen molar-refractivity contribution in [1.29, 1.82) is 0 Å². The van der Waals surface area contributed by atoms with Gasteiger partial charge in [-0.15, -0.1) is 0 Å². The predicted octanol–water partition coefficient (Wildman–Crippen LogP) is 3.07. The van der Waals surface area contributed by atoms with E-state index in [0.29, 0.717) is 5.56 Å². The Morgan fingerprint density at radius 2 is 1.55 bits per heavy atom. The van der Waals surface area contributed by atoms with Gasteiger partial charge in [0.05, 0.1) is 19.8 Å². The molecule has 1 unspecified atom stereocenters.